The Labute approximate surface area is 180 Å². The van der Waals surface area contributed by atoms with Crippen LogP contribution >= 0.6 is 0 Å². The van der Waals surface area contributed by atoms with E-state index in [1.807, 2.05) is 14.0 Å². The Morgan fingerprint density at radius 2 is 1.87 bits per heavy atom. The molecule has 1 aromatic carbocycles. The fourth-order valence-corrected chi connectivity index (χ4v) is 3.89. The smallest absolute Gasteiger partial charge is 0.191 e. The molecule has 2 aromatic rings. The van der Waals surface area contributed by atoms with Gasteiger partial charge in [0.05, 0.1) is 24.9 Å². The van der Waals surface area contributed by atoms with Gasteiger partial charge in [-0.15, -0.1) is 0 Å². The lowest BCUT2D eigenvalue weighted by atomic mass is 10.0. The summed E-state index contributed by atoms with van der Waals surface area (Å²) >= 11 is 0. The molecule has 1 fully saturated rings. The Morgan fingerprint density at radius 3 is 2.50 bits per heavy atom. The zero-order valence-corrected chi connectivity index (χ0v) is 18.8. The molecule has 1 saturated heterocycles. The number of hydrogen-bond donors (Lipinski definition) is 2. The maximum Gasteiger partial charge on any atom is 0.191 e. The number of benzene rings is 1. The lowest BCUT2D eigenvalue weighted by Crippen LogP contribution is -2.46. The number of aromatic nitrogens is 2. The van der Waals surface area contributed by atoms with Crippen LogP contribution in [0.4, 0.5) is 0 Å². The number of rotatable bonds is 8. The molecule has 1 aromatic heterocycles. The predicted octanol–water partition coefficient (Wildman–Crippen LogP) is 2.44. The van der Waals surface area contributed by atoms with Gasteiger partial charge in [-0.25, -0.2) is 0 Å². The normalized spacial score (nSPS) is 16.5. The first-order valence-corrected chi connectivity index (χ1v) is 10.9. The fraction of sp³-hybridized carbons (Fsp3) is 0.565. The summed E-state index contributed by atoms with van der Waals surface area (Å²) in [6.45, 7) is 12.3. The Balaban J connectivity index is 1.52. The van der Waals surface area contributed by atoms with Gasteiger partial charge < -0.3 is 15.4 Å². The van der Waals surface area contributed by atoms with Crippen LogP contribution in [0.1, 0.15) is 35.0 Å². The largest absolute Gasteiger partial charge is 0.379 e. The lowest BCUT2D eigenvalue weighted by Gasteiger charge is -2.35. The van der Waals surface area contributed by atoms with Crippen LogP contribution in [0, 0.1) is 20.8 Å². The summed E-state index contributed by atoms with van der Waals surface area (Å²) in [5, 5.41) is 11.5. The van der Waals surface area contributed by atoms with Crippen molar-refractivity contribution in [3.63, 3.8) is 0 Å². The Morgan fingerprint density at radius 1 is 1.13 bits per heavy atom. The molecule has 7 nitrogen and oxygen atoms in total. The Hall–Kier alpha value is -2.38. The Bertz CT molecular complexity index is 808. The second kappa shape index (κ2) is 11.1. The highest BCUT2D eigenvalue weighted by Gasteiger charge is 2.22. The number of guanidine groups is 1. The standard InChI is InChI=1S/C23H36N6O/c1-18-6-8-21(9-7-18)22(28-12-14-30-15-13-28)17-26-23(24-4)25-10-5-11-29-20(3)16-19(2)27-29/h6-9,16,22H,5,10-15,17H2,1-4H3,(H2,24,25,26). The number of aryl methyl sites for hydroxylation is 4. The number of nitrogens with zero attached hydrogens (tertiary/aromatic N) is 4. The second-order valence-electron chi connectivity index (χ2n) is 7.96. The van der Waals surface area contributed by atoms with Crippen molar-refractivity contribution in [1.29, 1.82) is 0 Å². The van der Waals surface area contributed by atoms with E-state index in [2.05, 4.69) is 74.5 Å². The average molecular weight is 413 g/mol. The van der Waals surface area contributed by atoms with E-state index in [1.165, 1.54) is 16.8 Å². The molecule has 1 aliphatic heterocycles. The Kier molecular flexibility index (Phi) is 8.28. The van der Waals surface area contributed by atoms with E-state index >= 15 is 0 Å². The first-order valence-electron chi connectivity index (χ1n) is 10.9. The number of aliphatic imine (C=N–C) groups is 1. The van der Waals surface area contributed by atoms with Crippen LogP contribution in [0.15, 0.2) is 35.3 Å². The topological polar surface area (TPSA) is 66.7 Å². The van der Waals surface area contributed by atoms with Gasteiger partial charge in [0, 0.05) is 45.5 Å². The average Bonchev–Trinajstić information content (AvgIpc) is 3.08. The van der Waals surface area contributed by atoms with Gasteiger partial charge >= 0.3 is 0 Å². The van der Waals surface area contributed by atoms with E-state index in [0.29, 0.717) is 6.04 Å². The third-order valence-electron chi connectivity index (χ3n) is 5.58. The van der Waals surface area contributed by atoms with Crippen LogP contribution in [-0.4, -0.2) is 67.1 Å². The highest BCUT2D eigenvalue weighted by atomic mass is 16.5. The second-order valence-corrected chi connectivity index (χ2v) is 7.96. The molecule has 0 spiro atoms. The maximum absolute atomic E-state index is 5.56. The van der Waals surface area contributed by atoms with Crippen LogP contribution < -0.4 is 10.6 Å². The van der Waals surface area contributed by atoms with Crippen LogP contribution in [0.2, 0.25) is 0 Å². The van der Waals surface area contributed by atoms with Crippen LogP contribution in [0.3, 0.4) is 0 Å². The molecule has 0 bridgehead atoms. The molecular formula is C23H36N6O. The molecule has 0 amide bonds. The van der Waals surface area contributed by atoms with E-state index in [-0.39, 0.29) is 0 Å². The van der Waals surface area contributed by atoms with Crippen LogP contribution in [0.5, 0.6) is 0 Å². The van der Waals surface area contributed by atoms with Gasteiger partial charge in [-0.05, 0) is 38.8 Å². The predicted molar refractivity (Wildman–Crippen MR) is 122 cm³/mol. The number of nitrogens with one attached hydrogen (secondary N) is 2. The van der Waals surface area contributed by atoms with Crippen molar-refractivity contribution >= 4 is 5.96 Å². The zero-order chi connectivity index (χ0) is 21.3. The highest BCUT2D eigenvalue weighted by molar-refractivity contribution is 5.79. The molecule has 7 heteroatoms. The monoisotopic (exact) mass is 412 g/mol. The quantitative estimate of drug-likeness (QED) is 0.396. The van der Waals surface area contributed by atoms with E-state index in [1.54, 1.807) is 0 Å². The number of hydrogen-bond acceptors (Lipinski definition) is 4. The fourth-order valence-electron chi connectivity index (χ4n) is 3.89. The first-order chi connectivity index (χ1) is 14.6. The molecule has 1 unspecified atom stereocenters. The molecule has 0 saturated carbocycles. The van der Waals surface area contributed by atoms with Crippen molar-refractivity contribution in [2.75, 3.05) is 46.4 Å². The summed E-state index contributed by atoms with van der Waals surface area (Å²) in [5.41, 5.74) is 4.90. The third-order valence-corrected chi connectivity index (χ3v) is 5.58. The van der Waals surface area contributed by atoms with E-state index in [4.69, 9.17) is 4.74 Å². The molecule has 2 N–H and O–H groups in total. The minimum atomic E-state index is 0.294. The molecule has 0 radical (unpaired) electrons. The highest BCUT2D eigenvalue weighted by Crippen LogP contribution is 2.21. The number of ether oxygens (including phenoxy) is 1. The molecule has 1 atom stereocenters. The van der Waals surface area contributed by atoms with E-state index in [9.17, 15) is 0 Å². The molecule has 3 rings (SSSR count). The van der Waals surface area contributed by atoms with E-state index < -0.39 is 0 Å². The minimum absolute atomic E-state index is 0.294. The van der Waals surface area contributed by atoms with E-state index in [0.717, 1.165) is 64.0 Å². The lowest BCUT2D eigenvalue weighted by molar-refractivity contribution is 0.0170. The third kappa shape index (κ3) is 6.31. The first kappa shape index (κ1) is 22.3. The summed E-state index contributed by atoms with van der Waals surface area (Å²) in [4.78, 5) is 6.91. The van der Waals surface area contributed by atoms with Gasteiger partial charge in [-0.3, -0.25) is 14.6 Å². The van der Waals surface area contributed by atoms with Gasteiger partial charge in [0.1, 0.15) is 0 Å². The van der Waals surface area contributed by atoms with Gasteiger partial charge in [-0.2, -0.15) is 5.10 Å². The van der Waals surface area contributed by atoms with Crippen molar-refractivity contribution in [3.8, 4) is 0 Å². The summed E-state index contributed by atoms with van der Waals surface area (Å²) in [5.74, 6) is 0.841. The van der Waals surface area contributed by atoms with Gasteiger partial charge in [0.15, 0.2) is 5.96 Å². The van der Waals surface area contributed by atoms with Crippen molar-refractivity contribution in [3.05, 3.63) is 52.8 Å². The van der Waals surface area contributed by atoms with Gasteiger partial charge in [0.25, 0.3) is 0 Å². The maximum atomic E-state index is 5.56. The molecule has 1 aliphatic rings. The summed E-state index contributed by atoms with van der Waals surface area (Å²) in [7, 11) is 1.83. The zero-order valence-electron chi connectivity index (χ0n) is 18.8. The van der Waals surface area contributed by atoms with Gasteiger partial charge in [-0.1, -0.05) is 29.8 Å². The summed E-state index contributed by atoms with van der Waals surface area (Å²) < 4.78 is 7.63. The van der Waals surface area contributed by atoms with Crippen LogP contribution in [0.25, 0.3) is 0 Å². The van der Waals surface area contributed by atoms with Crippen molar-refractivity contribution in [2.24, 2.45) is 4.99 Å². The SMILES string of the molecule is CN=C(NCCCn1nc(C)cc1C)NCC(c1ccc(C)cc1)N1CCOCC1. The molecule has 0 aliphatic carbocycles. The van der Waals surface area contributed by atoms with Crippen molar-refractivity contribution in [2.45, 2.75) is 39.8 Å². The molecule has 2 heterocycles. The van der Waals surface area contributed by atoms with Crippen molar-refractivity contribution in [1.82, 2.24) is 25.3 Å². The van der Waals surface area contributed by atoms with Crippen molar-refractivity contribution < 1.29 is 4.74 Å². The molecular weight excluding hydrogens is 376 g/mol. The van der Waals surface area contributed by atoms with Gasteiger partial charge in [0.2, 0.25) is 0 Å². The number of morpholine rings is 1. The summed E-state index contributed by atoms with van der Waals surface area (Å²) in [6, 6.07) is 11.3. The minimum Gasteiger partial charge on any atom is -0.379 e. The molecule has 30 heavy (non-hydrogen) atoms. The summed E-state index contributed by atoms with van der Waals surface area (Å²) in [6.07, 6.45) is 0.994. The van der Waals surface area contributed by atoms with Crippen LogP contribution in [-0.2, 0) is 11.3 Å². The molecule has 164 valence electrons.